The maximum Gasteiger partial charge on any atom is 0.339 e. The van der Waals surface area contributed by atoms with Gasteiger partial charge in [-0.1, -0.05) is 12.1 Å². The third-order valence-electron chi connectivity index (χ3n) is 3.41. The van der Waals surface area contributed by atoms with E-state index in [9.17, 15) is 14.7 Å². The van der Waals surface area contributed by atoms with E-state index in [-0.39, 0.29) is 17.2 Å². The lowest BCUT2D eigenvalue weighted by molar-refractivity contribution is -0.142. The van der Waals surface area contributed by atoms with E-state index < -0.39 is 12.1 Å². The number of carbonyl (C=O) groups is 2. The number of rotatable bonds is 4. The Morgan fingerprint density at radius 1 is 1.33 bits per heavy atom. The molecule has 0 radical (unpaired) electrons. The maximum absolute atomic E-state index is 12.3. The van der Waals surface area contributed by atoms with Crippen molar-refractivity contribution >= 4 is 11.9 Å². The van der Waals surface area contributed by atoms with E-state index in [0.717, 1.165) is 0 Å². The average Bonchev–Trinajstić information content (AvgIpc) is 2.49. The Morgan fingerprint density at radius 3 is 2.62 bits per heavy atom. The lowest BCUT2D eigenvalue weighted by Gasteiger charge is -2.29. The largest absolute Gasteiger partial charge is 0.480 e. The van der Waals surface area contributed by atoms with Crippen LogP contribution in [-0.2, 0) is 9.53 Å². The molecule has 1 saturated heterocycles. The van der Waals surface area contributed by atoms with Crippen molar-refractivity contribution in [1.82, 2.24) is 4.90 Å². The molecule has 0 aliphatic carbocycles. The van der Waals surface area contributed by atoms with E-state index in [0.29, 0.717) is 31.9 Å². The fraction of sp³-hybridized carbons (Fsp3) is 0.467. The maximum atomic E-state index is 12.3. The molecule has 1 N–H and O–H groups in total. The average molecular weight is 293 g/mol. The fourth-order valence-corrected chi connectivity index (χ4v) is 2.25. The van der Waals surface area contributed by atoms with Gasteiger partial charge in [-0.15, -0.1) is 0 Å². The highest BCUT2D eigenvalue weighted by Gasteiger charge is 2.25. The van der Waals surface area contributed by atoms with E-state index in [2.05, 4.69) is 0 Å². The number of hydrogen-bond donors (Lipinski definition) is 1. The van der Waals surface area contributed by atoms with E-state index >= 15 is 0 Å². The number of ether oxygens (including phenoxy) is 2. The Morgan fingerprint density at radius 2 is 2.00 bits per heavy atom. The molecule has 1 aliphatic rings. The first-order chi connectivity index (χ1) is 10.0. The number of nitrogens with zero attached hydrogens (tertiary/aromatic N) is 1. The van der Waals surface area contributed by atoms with Crippen LogP contribution in [0.5, 0.6) is 5.75 Å². The van der Waals surface area contributed by atoms with E-state index in [1.807, 2.05) is 0 Å². The molecule has 114 valence electrons. The zero-order valence-electron chi connectivity index (χ0n) is 12.2. The summed E-state index contributed by atoms with van der Waals surface area (Å²) in [6.45, 7) is 5.49. The van der Waals surface area contributed by atoms with Crippen LogP contribution in [0.4, 0.5) is 0 Å². The molecule has 0 bridgehead atoms. The highest BCUT2D eigenvalue weighted by atomic mass is 16.5. The predicted octanol–water partition coefficient (Wildman–Crippen LogP) is 1.32. The summed E-state index contributed by atoms with van der Waals surface area (Å²) < 4.78 is 10.8. The molecule has 1 aromatic carbocycles. The quantitative estimate of drug-likeness (QED) is 0.906. The molecule has 1 aromatic rings. The monoisotopic (exact) mass is 293 g/mol. The van der Waals surface area contributed by atoms with Gasteiger partial charge >= 0.3 is 5.97 Å². The number of hydrogen-bond acceptors (Lipinski definition) is 4. The van der Waals surface area contributed by atoms with Crippen LogP contribution in [0.1, 0.15) is 22.8 Å². The molecule has 6 nitrogen and oxygen atoms in total. The van der Waals surface area contributed by atoms with Crippen LogP contribution >= 0.6 is 0 Å². The van der Waals surface area contributed by atoms with Gasteiger partial charge in [0.05, 0.1) is 13.2 Å². The summed E-state index contributed by atoms with van der Waals surface area (Å²) in [5.41, 5.74) is 0.758. The van der Waals surface area contributed by atoms with Crippen LogP contribution in [-0.4, -0.2) is 54.3 Å². The van der Waals surface area contributed by atoms with Gasteiger partial charge in [0, 0.05) is 13.1 Å². The molecule has 1 unspecified atom stereocenters. The highest BCUT2D eigenvalue weighted by molar-refractivity contribution is 5.91. The first kappa shape index (κ1) is 15.3. The molecule has 1 fully saturated rings. The molecule has 0 aromatic heterocycles. The minimum atomic E-state index is -1.07. The number of aromatic carboxylic acids is 1. The smallest absolute Gasteiger partial charge is 0.339 e. The highest BCUT2D eigenvalue weighted by Crippen LogP contribution is 2.25. The van der Waals surface area contributed by atoms with Crippen LogP contribution in [0.15, 0.2) is 18.2 Å². The van der Waals surface area contributed by atoms with Gasteiger partial charge < -0.3 is 19.5 Å². The van der Waals surface area contributed by atoms with Crippen molar-refractivity contribution in [2.75, 3.05) is 26.3 Å². The second-order valence-corrected chi connectivity index (χ2v) is 4.95. The minimum Gasteiger partial charge on any atom is -0.480 e. The molecule has 2 rings (SSSR count). The van der Waals surface area contributed by atoms with Gasteiger partial charge in [0.2, 0.25) is 0 Å². The van der Waals surface area contributed by atoms with Gasteiger partial charge in [-0.05, 0) is 25.5 Å². The summed E-state index contributed by atoms with van der Waals surface area (Å²) in [5, 5.41) is 9.20. The number of para-hydroxylation sites is 1. The van der Waals surface area contributed by atoms with Crippen molar-refractivity contribution in [3.8, 4) is 5.75 Å². The van der Waals surface area contributed by atoms with E-state index in [1.54, 1.807) is 30.9 Å². The van der Waals surface area contributed by atoms with Crippen molar-refractivity contribution in [1.29, 1.82) is 0 Å². The second-order valence-electron chi connectivity index (χ2n) is 4.95. The molecular weight excluding hydrogens is 274 g/mol. The lowest BCUT2D eigenvalue weighted by Crippen LogP contribution is -2.46. The van der Waals surface area contributed by atoms with Crippen molar-refractivity contribution in [3.63, 3.8) is 0 Å². The molecular formula is C15H19NO5. The Kier molecular flexibility index (Phi) is 4.80. The molecule has 21 heavy (non-hydrogen) atoms. The molecule has 6 heteroatoms. The Balaban J connectivity index is 2.13. The molecule has 0 saturated carbocycles. The van der Waals surface area contributed by atoms with Crippen LogP contribution in [0.25, 0.3) is 0 Å². The van der Waals surface area contributed by atoms with Crippen LogP contribution in [0, 0.1) is 6.92 Å². The number of carboxylic acid groups (broad SMARTS) is 1. The number of benzene rings is 1. The van der Waals surface area contributed by atoms with Gasteiger partial charge in [-0.2, -0.15) is 0 Å². The molecule has 1 aliphatic heterocycles. The van der Waals surface area contributed by atoms with E-state index in [1.165, 1.54) is 6.07 Å². The number of aryl methyl sites for hydroxylation is 1. The predicted molar refractivity (Wildman–Crippen MR) is 75.6 cm³/mol. The zero-order chi connectivity index (χ0) is 15.4. The Labute approximate surface area is 123 Å². The molecule has 0 spiro atoms. The number of morpholine rings is 1. The normalized spacial score (nSPS) is 16.4. The molecule has 1 atom stereocenters. The summed E-state index contributed by atoms with van der Waals surface area (Å²) in [5.74, 6) is -0.975. The van der Waals surface area contributed by atoms with Gasteiger partial charge in [0.25, 0.3) is 5.91 Å². The summed E-state index contributed by atoms with van der Waals surface area (Å²) in [6.07, 6.45) is -0.734. The first-order valence-corrected chi connectivity index (χ1v) is 6.87. The first-order valence-electron chi connectivity index (χ1n) is 6.87. The van der Waals surface area contributed by atoms with Gasteiger partial charge in [-0.25, -0.2) is 4.79 Å². The SMILES string of the molecule is Cc1cccc(C(=O)O)c1OC(C)C(=O)N1CCOCC1. The third-order valence-corrected chi connectivity index (χ3v) is 3.41. The van der Waals surface area contributed by atoms with Crippen LogP contribution in [0.2, 0.25) is 0 Å². The van der Waals surface area contributed by atoms with E-state index in [4.69, 9.17) is 9.47 Å². The lowest BCUT2D eigenvalue weighted by atomic mass is 10.1. The number of carbonyl (C=O) groups excluding carboxylic acids is 1. The fourth-order valence-electron chi connectivity index (χ4n) is 2.25. The zero-order valence-corrected chi connectivity index (χ0v) is 12.2. The molecule has 1 heterocycles. The van der Waals surface area contributed by atoms with Crippen LogP contribution < -0.4 is 4.74 Å². The second kappa shape index (κ2) is 6.58. The van der Waals surface area contributed by atoms with Crippen molar-refractivity contribution in [3.05, 3.63) is 29.3 Å². The van der Waals surface area contributed by atoms with Crippen molar-refractivity contribution in [2.24, 2.45) is 0 Å². The summed E-state index contributed by atoms with van der Waals surface area (Å²) in [4.78, 5) is 25.2. The van der Waals surface area contributed by atoms with Gasteiger partial charge in [-0.3, -0.25) is 4.79 Å². The van der Waals surface area contributed by atoms with Crippen LogP contribution in [0.3, 0.4) is 0 Å². The van der Waals surface area contributed by atoms with Crippen molar-refractivity contribution < 1.29 is 24.2 Å². The minimum absolute atomic E-state index is 0.0663. The summed E-state index contributed by atoms with van der Waals surface area (Å²) >= 11 is 0. The van der Waals surface area contributed by atoms with Gasteiger partial charge in [0.1, 0.15) is 11.3 Å². The third kappa shape index (κ3) is 3.52. The topological polar surface area (TPSA) is 76.1 Å². The van der Waals surface area contributed by atoms with Crippen molar-refractivity contribution in [2.45, 2.75) is 20.0 Å². The Hall–Kier alpha value is -2.08. The summed E-state index contributed by atoms with van der Waals surface area (Å²) in [7, 11) is 0. The molecule has 1 amide bonds. The van der Waals surface area contributed by atoms with Gasteiger partial charge in [0.15, 0.2) is 6.10 Å². The number of amides is 1. The number of carboxylic acids is 1. The standard InChI is InChI=1S/C15H19NO5/c1-10-4-3-5-12(15(18)19)13(10)21-11(2)14(17)16-6-8-20-9-7-16/h3-5,11H,6-9H2,1-2H3,(H,18,19). The summed E-state index contributed by atoms with van der Waals surface area (Å²) in [6, 6.07) is 4.88. The Bertz CT molecular complexity index is 537.